The average molecular weight is 461 g/mol. The molecule has 0 radical (unpaired) electrons. The van der Waals surface area contributed by atoms with Gasteiger partial charge in [0.1, 0.15) is 0 Å². The molecule has 0 bridgehead atoms. The Morgan fingerprint density at radius 3 is 2.40 bits per heavy atom. The van der Waals surface area contributed by atoms with Crippen molar-refractivity contribution in [3.8, 4) is 28.5 Å². The van der Waals surface area contributed by atoms with E-state index in [0.29, 0.717) is 29.2 Å². The Kier molecular flexibility index (Phi) is 6.83. The van der Waals surface area contributed by atoms with E-state index in [1.165, 1.54) is 5.56 Å². The lowest BCUT2D eigenvalue weighted by atomic mass is 9.95. The van der Waals surface area contributed by atoms with Crippen molar-refractivity contribution < 1.29 is 0 Å². The number of pyridine rings is 2. The van der Waals surface area contributed by atoms with Crippen LogP contribution in [0.15, 0.2) is 96.1 Å². The third kappa shape index (κ3) is 5.24. The zero-order valence-corrected chi connectivity index (χ0v) is 19.7. The van der Waals surface area contributed by atoms with Crippen molar-refractivity contribution in [2.45, 2.75) is 25.9 Å². The molecule has 5 nitrogen and oxygen atoms in total. The molecule has 0 saturated carbocycles. The molecule has 5 rings (SSSR count). The van der Waals surface area contributed by atoms with Crippen LogP contribution in [-0.2, 0) is 13.1 Å². The quantitative estimate of drug-likeness (QED) is 0.389. The second kappa shape index (κ2) is 10.5. The van der Waals surface area contributed by atoms with Gasteiger partial charge in [0.2, 0.25) is 0 Å². The van der Waals surface area contributed by atoms with Gasteiger partial charge in [-0.1, -0.05) is 54.6 Å². The van der Waals surface area contributed by atoms with E-state index in [1.54, 1.807) is 12.3 Å². The summed E-state index contributed by atoms with van der Waals surface area (Å²) < 4.78 is 1.84. The first kappa shape index (κ1) is 22.8. The number of benzene rings is 2. The summed E-state index contributed by atoms with van der Waals surface area (Å²) in [6.45, 7) is 3.69. The SMILES string of the molecule is N#Cc1ccccc1-c1cc(-c2ccccn2)cn(CC2CCN(Cc3ccccc3)CC2)c1=O. The maximum atomic E-state index is 13.6. The van der Waals surface area contributed by atoms with Gasteiger partial charge in [-0.2, -0.15) is 5.26 Å². The Balaban J connectivity index is 1.42. The fourth-order valence-electron chi connectivity index (χ4n) is 4.90. The van der Waals surface area contributed by atoms with E-state index >= 15 is 0 Å². The van der Waals surface area contributed by atoms with Gasteiger partial charge in [0.15, 0.2) is 0 Å². The van der Waals surface area contributed by atoms with Crippen LogP contribution in [0.5, 0.6) is 0 Å². The molecule has 0 spiro atoms. The zero-order chi connectivity index (χ0) is 24.0. The van der Waals surface area contributed by atoms with Gasteiger partial charge < -0.3 is 4.57 Å². The Labute approximate surface area is 205 Å². The number of nitriles is 1. The van der Waals surface area contributed by atoms with Gasteiger partial charge in [-0.25, -0.2) is 0 Å². The van der Waals surface area contributed by atoms with E-state index in [-0.39, 0.29) is 5.56 Å². The molecule has 5 heteroatoms. The molecular weight excluding hydrogens is 432 g/mol. The van der Waals surface area contributed by atoms with E-state index in [0.717, 1.165) is 43.7 Å². The Bertz CT molecular complexity index is 1380. The number of rotatable bonds is 6. The molecule has 1 aliphatic rings. The average Bonchev–Trinajstić information content (AvgIpc) is 2.92. The molecule has 1 saturated heterocycles. The van der Waals surface area contributed by atoms with E-state index in [4.69, 9.17) is 0 Å². The van der Waals surface area contributed by atoms with Crippen LogP contribution in [0.4, 0.5) is 0 Å². The van der Waals surface area contributed by atoms with Crippen molar-refractivity contribution in [2.75, 3.05) is 13.1 Å². The van der Waals surface area contributed by atoms with E-state index < -0.39 is 0 Å². The Morgan fingerprint density at radius 1 is 0.914 bits per heavy atom. The van der Waals surface area contributed by atoms with Crippen molar-refractivity contribution in [1.82, 2.24) is 14.5 Å². The topological polar surface area (TPSA) is 61.9 Å². The largest absolute Gasteiger partial charge is 0.314 e. The molecule has 3 heterocycles. The Morgan fingerprint density at radius 2 is 1.66 bits per heavy atom. The number of likely N-dealkylation sites (tertiary alicyclic amines) is 1. The highest BCUT2D eigenvalue weighted by molar-refractivity contribution is 5.74. The minimum absolute atomic E-state index is 0.0564. The smallest absolute Gasteiger partial charge is 0.258 e. The van der Waals surface area contributed by atoms with Crippen LogP contribution < -0.4 is 5.56 Å². The van der Waals surface area contributed by atoms with E-state index in [9.17, 15) is 10.1 Å². The van der Waals surface area contributed by atoms with Gasteiger partial charge in [-0.05, 0) is 61.7 Å². The summed E-state index contributed by atoms with van der Waals surface area (Å²) in [5.74, 6) is 0.428. The summed E-state index contributed by atoms with van der Waals surface area (Å²) >= 11 is 0. The van der Waals surface area contributed by atoms with Gasteiger partial charge >= 0.3 is 0 Å². The normalized spacial score (nSPS) is 14.5. The maximum Gasteiger partial charge on any atom is 0.258 e. The number of hydrogen-bond acceptors (Lipinski definition) is 4. The van der Waals surface area contributed by atoms with Crippen LogP contribution in [0.1, 0.15) is 24.0 Å². The van der Waals surface area contributed by atoms with Gasteiger partial charge in [0.25, 0.3) is 5.56 Å². The minimum Gasteiger partial charge on any atom is -0.314 e. The summed E-state index contributed by atoms with van der Waals surface area (Å²) in [5.41, 5.74) is 4.70. The molecule has 0 atom stereocenters. The molecule has 0 unspecified atom stereocenters. The first-order chi connectivity index (χ1) is 17.2. The molecule has 1 aliphatic heterocycles. The fraction of sp³-hybridized carbons (Fsp3) is 0.233. The van der Waals surface area contributed by atoms with Crippen molar-refractivity contribution in [1.29, 1.82) is 5.26 Å². The van der Waals surface area contributed by atoms with Gasteiger partial charge in [0, 0.05) is 42.2 Å². The van der Waals surface area contributed by atoms with Crippen LogP contribution in [-0.4, -0.2) is 27.5 Å². The first-order valence-electron chi connectivity index (χ1n) is 12.1. The highest BCUT2D eigenvalue weighted by Crippen LogP contribution is 2.26. The number of nitrogens with zero attached hydrogens (tertiary/aromatic N) is 4. The van der Waals surface area contributed by atoms with E-state index in [2.05, 4.69) is 46.3 Å². The predicted octanol–water partition coefficient (Wildman–Crippen LogP) is 5.36. The van der Waals surface area contributed by atoms with Crippen molar-refractivity contribution >= 4 is 0 Å². The third-order valence-electron chi connectivity index (χ3n) is 6.80. The number of piperidine rings is 1. The summed E-state index contributed by atoms with van der Waals surface area (Å²) in [6.07, 6.45) is 5.80. The first-order valence-corrected chi connectivity index (χ1v) is 12.1. The summed E-state index contributed by atoms with van der Waals surface area (Å²) in [6, 6.07) is 27.8. The van der Waals surface area contributed by atoms with Gasteiger partial charge in [0.05, 0.1) is 17.3 Å². The van der Waals surface area contributed by atoms with E-state index in [1.807, 2.05) is 53.2 Å². The molecule has 2 aromatic carbocycles. The monoisotopic (exact) mass is 460 g/mol. The fourth-order valence-corrected chi connectivity index (χ4v) is 4.90. The lowest BCUT2D eigenvalue weighted by Crippen LogP contribution is -2.36. The molecule has 4 aromatic rings. The van der Waals surface area contributed by atoms with Crippen LogP contribution in [0.25, 0.3) is 22.4 Å². The molecule has 0 N–H and O–H groups in total. The van der Waals surface area contributed by atoms with Crippen LogP contribution >= 0.6 is 0 Å². The molecule has 2 aromatic heterocycles. The molecular formula is C30H28N4O. The molecule has 35 heavy (non-hydrogen) atoms. The molecule has 0 aliphatic carbocycles. The maximum absolute atomic E-state index is 13.6. The summed E-state index contributed by atoms with van der Waals surface area (Å²) in [7, 11) is 0. The third-order valence-corrected chi connectivity index (χ3v) is 6.80. The standard InChI is InChI=1S/C30H28N4O/c31-19-25-10-4-5-11-27(25)28-18-26(29-12-6-7-15-32-29)22-34(30(28)35)21-24-13-16-33(17-14-24)20-23-8-2-1-3-9-23/h1-12,15,18,22,24H,13-14,16-17,20-21H2. The highest BCUT2D eigenvalue weighted by Gasteiger charge is 2.21. The van der Waals surface area contributed by atoms with Crippen molar-refractivity contribution in [3.63, 3.8) is 0 Å². The van der Waals surface area contributed by atoms with Crippen molar-refractivity contribution in [3.05, 3.63) is 113 Å². The van der Waals surface area contributed by atoms with Gasteiger partial charge in [-0.3, -0.25) is 14.7 Å². The van der Waals surface area contributed by atoms with Crippen LogP contribution in [0.2, 0.25) is 0 Å². The second-order valence-corrected chi connectivity index (χ2v) is 9.18. The summed E-state index contributed by atoms with van der Waals surface area (Å²) in [5, 5.41) is 9.64. The molecule has 174 valence electrons. The summed E-state index contributed by atoms with van der Waals surface area (Å²) in [4.78, 5) is 20.6. The predicted molar refractivity (Wildman–Crippen MR) is 139 cm³/mol. The van der Waals surface area contributed by atoms with Gasteiger partial charge in [-0.15, -0.1) is 0 Å². The van der Waals surface area contributed by atoms with Crippen LogP contribution in [0.3, 0.4) is 0 Å². The lowest BCUT2D eigenvalue weighted by molar-refractivity contribution is 0.166. The highest BCUT2D eigenvalue weighted by atomic mass is 16.1. The lowest BCUT2D eigenvalue weighted by Gasteiger charge is -2.32. The Hall–Kier alpha value is -4.01. The number of hydrogen-bond donors (Lipinski definition) is 0. The second-order valence-electron chi connectivity index (χ2n) is 9.18. The number of aromatic nitrogens is 2. The zero-order valence-electron chi connectivity index (χ0n) is 19.7. The van der Waals surface area contributed by atoms with Crippen molar-refractivity contribution in [2.24, 2.45) is 5.92 Å². The molecule has 0 amide bonds. The molecule has 1 fully saturated rings. The minimum atomic E-state index is -0.0564. The van der Waals surface area contributed by atoms with Crippen LogP contribution in [0, 0.1) is 17.2 Å².